The van der Waals surface area contributed by atoms with Crippen molar-refractivity contribution >= 4 is 17.3 Å². The molecule has 0 fully saturated rings. The van der Waals surface area contributed by atoms with Gasteiger partial charge in [-0.15, -0.1) is 0 Å². The monoisotopic (exact) mass is 492 g/mol. The summed E-state index contributed by atoms with van der Waals surface area (Å²) in [4.78, 5) is 10.4. The van der Waals surface area contributed by atoms with Crippen LogP contribution in [0.25, 0.3) is 11.6 Å². The molecule has 0 aliphatic carbocycles. The lowest BCUT2D eigenvalue weighted by Crippen LogP contribution is -2.00. The first-order chi connectivity index (χ1) is 18.1. The fraction of sp³-hybridized carbons (Fsp3) is 0.100. The summed E-state index contributed by atoms with van der Waals surface area (Å²) in [5.74, 6) is 1.97. The van der Waals surface area contributed by atoms with Gasteiger partial charge in [-0.25, -0.2) is 0 Å². The molecule has 7 heteroatoms. The van der Waals surface area contributed by atoms with E-state index in [4.69, 9.17) is 14.2 Å². The van der Waals surface area contributed by atoms with Crippen LogP contribution in [-0.2, 0) is 13.2 Å². The molecule has 0 spiro atoms. The molecule has 0 aliphatic rings. The van der Waals surface area contributed by atoms with E-state index in [1.54, 1.807) is 25.3 Å². The van der Waals surface area contributed by atoms with Gasteiger partial charge in [-0.1, -0.05) is 48.5 Å². The van der Waals surface area contributed by atoms with E-state index in [0.29, 0.717) is 41.6 Å². The third kappa shape index (κ3) is 6.74. The van der Waals surface area contributed by atoms with Crippen molar-refractivity contribution in [2.45, 2.75) is 13.2 Å². The summed E-state index contributed by atoms with van der Waals surface area (Å²) in [7, 11) is 1.60. The van der Waals surface area contributed by atoms with Gasteiger partial charge in [0.2, 0.25) is 0 Å². The molecule has 0 atom stereocenters. The highest BCUT2D eigenvalue weighted by atomic mass is 16.6. The molecule has 0 amide bonds. The smallest absolute Gasteiger partial charge is 0.269 e. The number of nitro groups is 1. The van der Waals surface area contributed by atoms with Crippen LogP contribution in [0.1, 0.15) is 22.3 Å². The van der Waals surface area contributed by atoms with Gasteiger partial charge >= 0.3 is 0 Å². The molecule has 4 aromatic carbocycles. The number of benzene rings is 4. The number of nitriles is 1. The normalized spacial score (nSPS) is 10.9. The van der Waals surface area contributed by atoms with Crippen LogP contribution in [0.4, 0.5) is 5.69 Å². The summed E-state index contributed by atoms with van der Waals surface area (Å²) in [5, 5.41) is 20.4. The standard InChI is InChI=1S/C30H24N2O5/c1-35-30-18-24(9-16-29(30)37-20-23-5-3-2-4-6-23)21-36-28-14-7-22(8-15-28)17-26(19-31)25-10-12-27(13-11-25)32(33)34/h2-18H,20-21H2,1H3/b26-17+. The van der Waals surface area contributed by atoms with E-state index in [1.165, 1.54) is 12.1 Å². The summed E-state index contributed by atoms with van der Waals surface area (Å²) in [6, 6.07) is 31.0. The van der Waals surface area contributed by atoms with Crippen LogP contribution in [-0.4, -0.2) is 12.0 Å². The fourth-order valence-corrected chi connectivity index (χ4v) is 3.59. The Bertz CT molecular complexity index is 1420. The Kier molecular flexibility index (Phi) is 8.15. The topological polar surface area (TPSA) is 94.6 Å². The van der Waals surface area contributed by atoms with Crippen molar-refractivity contribution in [3.63, 3.8) is 0 Å². The first kappa shape index (κ1) is 25.0. The largest absolute Gasteiger partial charge is 0.493 e. The molecule has 4 aromatic rings. The number of hydrogen-bond donors (Lipinski definition) is 0. The van der Waals surface area contributed by atoms with Crippen LogP contribution < -0.4 is 14.2 Å². The Labute approximate surface area is 214 Å². The molecule has 184 valence electrons. The minimum absolute atomic E-state index is 0.0190. The Morgan fingerprint density at radius 3 is 2.22 bits per heavy atom. The van der Waals surface area contributed by atoms with E-state index in [2.05, 4.69) is 6.07 Å². The number of allylic oxidation sites excluding steroid dienone is 1. The maximum Gasteiger partial charge on any atom is 0.269 e. The van der Waals surface area contributed by atoms with Gasteiger partial charge in [0, 0.05) is 12.1 Å². The second-order valence-electron chi connectivity index (χ2n) is 8.09. The van der Waals surface area contributed by atoms with Crippen molar-refractivity contribution in [2.24, 2.45) is 0 Å². The summed E-state index contributed by atoms with van der Waals surface area (Å²) >= 11 is 0. The number of rotatable bonds is 10. The summed E-state index contributed by atoms with van der Waals surface area (Å²) in [5.41, 5.74) is 3.81. The number of methoxy groups -OCH3 is 1. The zero-order valence-corrected chi connectivity index (χ0v) is 20.2. The predicted octanol–water partition coefficient (Wildman–Crippen LogP) is 6.83. The van der Waals surface area contributed by atoms with E-state index in [1.807, 2.05) is 72.8 Å². The Balaban J connectivity index is 1.37. The molecule has 0 radical (unpaired) electrons. The molecule has 7 nitrogen and oxygen atoms in total. The molecular weight excluding hydrogens is 468 g/mol. The average molecular weight is 493 g/mol. The quantitative estimate of drug-likeness (QED) is 0.104. The molecule has 0 heterocycles. The second kappa shape index (κ2) is 12.0. The van der Waals surface area contributed by atoms with Gasteiger partial charge < -0.3 is 14.2 Å². The van der Waals surface area contributed by atoms with Gasteiger partial charge in [-0.3, -0.25) is 10.1 Å². The maximum absolute atomic E-state index is 10.8. The minimum atomic E-state index is -0.470. The first-order valence-corrected chi connectivity index (χ1v) is 11.5. The number of hydrogen-bond acceptors (Lipinski definition) is 6. The molecule has 0 saturated carbocycles. The van der Waals surface area contributed by atoms with Gasteiger partial charge in [-0.2, -0.15) is 5.26 Å². The van der Waals surface area contributed by atoms with Crippen LogP contribution in [0.3, 0.4) is 0 Å². The van der Waals surface area contributed by atoms with Crippen molar-refractivity contribution in [2.75, 3.05) is 7.11 Å². The Morgan fingerprint density at radius 2 is 1.57 bits per heavy atom. The third-order valence-electron chi connectivity index (χ3n) is 5.57. The number of non-ortho nitro benzene ring substituents is 1. The average Bonchev–Trinajstić information content (AvgIpc) is 2.95. The zero-order valence-electron chi connectivity index (χ0n) is 20.2. The number of ether oxygens (including phenoxy) is 3. The van der Waals surface area contributed by atoms with Crippen LogP contribution in [0.2, 0.25) is 0 Å². The lowest BCUT2D eigenvalue weighted by atomic mass is 10.0. The van der Waals surface area contributed by atoms with E-state index in [-0.39, 0.29) is 5.69 Å². The summed E-state index contributed by atoms with van der Waals surface area (Å²) in [6.45, 7) is 0.794. The molecule has 4 rings (SSSR count). The van der Waals surface area contributed by atoms with E-state index >= 15 is 0 Å². The fourth-order valence-electron chi connectivity index (χ4n) is 3.59. The predicted molar refractivity (Wildman–Crippen MR) is 141 cm³/mol. The lowest BCUT2D eigenvalue weighted by molar-refractivity contribution is -0.384. The second-order valence-corrected chi connectivity index (χ2v) is 8.09. The highest BCUT2D eigenvalue weighted by molar-refractivity contribution is 5.89. The maximum atomic E-state index is 10.8. The van der Waals surface area contributed by atoms with Gasteiger partial charge in [0.1, 0.15) is 19.0 Å². The molecule has 0 aliphatic heterocycles. The molecule has 0 bridgehead atoms. The van der Waals surface area contributed by atoms with E-state index in [9.17, 15) is 15.4 Å². The van der Waals surface area contributed by atoms with Gasteiger partial charge in [0.15, 0.2) is 11.5 Å². The van der Waals surface area contributed by atoms with E-state index in [0.717, 1.165) is 16.7 Å². The van der Waals surface area contributed by atoms with Crippen molar-refractivity contribution in [1.29, 1.82) is 5.26 Å². The highest BCUT2D eigenvalue weighted by Gasteiger charge is 2.09. The molecule has 0 saturated heterocycles. The lowest BCUT2D eigenvalue weighted by Gasteiger charge is -2.13. The molecular formula is C30H24N2O5. The molecule has 0 N–H and O–H groups in total. The van der Waals surface area contributed by atoms with Crippen molar-refractivity contribution in [3.05, 3.63) is 129 Å². The number of nitrogens with zero attached hydrogens (tertiary/aromatic N) is 2. The molecule has 0 aromatic heterocycles. The van der Waals surface area contributed by atoms with Gasteiger partial charge in [0.05, 0.1) is 23.7 Å². The van der Waals surface area contributed by atoms with Gasteiger partial charge in [0.25, 0.3) is 5.69 Å². The number of nitro benzene ring substituents is 1. The summed E-state index contributed by atoms with van der Waals surface area (Å²) in [6.07, 6.45) is 1.73. The van der Waals surface area contributed by atoms with Crippen LogP contribution in [0, 0.1) is 21.4 Å². The van der Waals surface area contributed by atoms with Crippen molar-refractivity contribution in [3.8, 4) is 23.3 Å². The van der Waals surface area contributed by atoms with Crippen LogP contribution in [0.15, 0.2) is 97.1 Å². The zero-order chi connectivity index (χ0) is 26.0. The van der Waals surface area contributed by atoms with E-state index < -0.39 is 4.92 Å². The van der Waals surface area contributed by atoms with Gasteiger partial charge in [-0.05, 0) is 64.7 Å². The highest BCUT2D eigenvalue weighted by Crippen LogP contribution is 2.29. The SMILES string of the molecule is COc1cc(COc2ccc(/C=C(\C#N)c3ccc([N+](=O)[O-])cc3)cc2)ccc1OCc1ccccc1. The first-order valence-electron chi connectivity index (χ1n) is 11.5. The Morgan fingerprint density at radius 1 is 0.865 bits per heavy atom. The van der Waals surface area contributed by atoms with Crippen LogP contribution >= 0.6 is 0 Å². The van der Waals surface area contributed by atoms with Crippen LogP contribution in [0.5, 0.6) is 17.2 Å². The molecule has 37 heavy (non-hydrogen) atoms. The molecule has 0 unspecified atom stereocenters. The van der Waals surface area contributed by atoms with Crippen molar-refractivity contribution < 1.29 is 19.1 Å². The minimum Gasteiger partial charge on any atom is -0.493 e. The Hall–Kier alpha value is -5.09. The van der Waals surface area contributed by atoms with Crippen molar-refractivity contribution in [1.82, 2.24) is 0 Å². The summed E-state index contributed by atoms with van der Waals surface area (Å²) < 4.78 is 17.3. The third-order valence-corrected chi connectivity index (χ3v) is 5.57.